The van der Waals surface area contributed by atoms with Gasteiger partial charge in [-0.2, -0.15) is 0 Å². The van der Waals surface area contributed by atoms with Crippen molar-refractivity contribution in [3.05, 3.63) is 0 Å². The van der Waals surface area contributed by atoms with E-state index < -0.39 is 0 Å². The normalized spacial score (nSPS) is 9.00. The van der Waals surface area contributed by atoms with Gasteiger partial charge in [0.1, 0.15) is 0 Å². The third-order valence-electron chi connectivity index (χ3n) is 1.71. The number of rotatable bonds is 6. The van der Waals surface area contributed by atoms with E-state index in [0.717, 1.165) is 0 Å². The topological polar surface area (TPSA) is 0 Å². The summed E-state index contributed by atoms with van der Waals surface area (Å²) in [6, 6.07) is 0. The molecule has 0 aliphatic rings. The molecule has 0 heterocycles. The van der Waals surface area contributed by atoms with E-state index in [2.05, 4.69) is 13.8 Å². The fourth-order valence-electron chi connectivity index (χ4n) is 1.03. The summed E-state index contributed by atoms with van der Waals surface area (Å²) in [5, 5.41) is 0. The first-order valence-corrected chi connectivity index (χ1v) is 4.41. The van der Waals surface area contributed by atoms with Gasteiger partial charge >= 0.3 is 18.9 Å². The van der Waals surface area contributed by atoms with Crippen LogP contribution >= 0.6 is 0 Å². The Balaban J connectivity index is 0. The molecule has 0 aliphatic carbocycles. The first kappa shape index (κ1) is 13.2. The minimum absolute atomic E-state index is 0. The monoisotopic (exact) mass is 136 g/mol. The molecule has 0 aliphatic heterocycles. The molecule has 0 radical (unpaired) electrons. The summed E-state index contributed by atoms with van der Waals surface area (Å²) in [5.41, 5.74) is 0. The summed E-state index contributed by atoms with van der Waals surface area (Å²) in [7, 11) is 0. The Hall–Kier alpha value is 0.597. The molecule has 10 heavy (non-hydrogen) atoms. The summed E-state index contributed by atoms with van der Waals surface area (Å²) in [5.74, 6) is 0. The second kappa shape index (κ2) is 12.3. The fraction of sp³-hybridized carbons (Fsp3) is 1.00. The Morgan fingerprint density at radius 3 is 1.20 bits per heavy atom. The molecule has 0 atom stereocenters. The molecule has 0 saturated heterocycles. The van der Waals surface area contributed by atoms with E-state index in [-0.39, 0.29) is 18.9 Å². The summed E-state index contributed by atoms with van der Waals surface area (Å²) in [6.07, 6.45) is 9.97. The van der Waals surface area contributed by atoms with Gasteiger partial charge in [0, 0.05) is 0 Å². The van der Waals surface area contributed by atoms with E-state index in [9.17, 15) is 0 Å². The van der Waals surface area contributed by atoms with Crippen LogP contribution in [0.5, 0.6) is 0 Å². The third kappa shape index (κ3) is 11.4. The quantitative estimate of drug-likeness (QED) is 0.389. The first-order valence-electron chi connectivity index (χ1n) is 4.41. The van der Waals surface area contributed by atoms with Crippen molar-refractivity contribution < 1.29 is 0 Å². The van der Waals surface area contributed by atoms with Crippen molar-refractivity contribution in [2.24, 2.45) is 0 Å². The van der Waals surface area contributed by atoms with Crippen LogP contribution in [0.3, 0.4) is 0 Å². The van der Waals surface area contributed by atoms with Gasteiger partial charge in [-0.15, -0.1) is 0 Å². The van der Waals surface area contributed by atoms with Crippen LogP contribution in [0.1, 0.15) is 58.8 Å². The molecule has 0 spiro atoms. The molecule has 0 N–H and O–H groups in total. The maximum absolute atomic E-state index is 2.26. The van der Waals surface area contributed by atoms with E-state index in [1.807, 2.05) is 0 Å². The van der Waals surface area contributed by atoms with Crippen LogP contribution in [0, 0.1) is 0 Å². The molecule has 0 fully saturated rings. The van der Waals surface area contributed by atoms with Crippen LogP contribution in [-0.2, 0) is 0 Å². The van der Waals surface area contributed by atoms with Crippen molar-refractivity contribution >= 4 is 18.9 Å². The van der Waals surface area contributed by atoms with Gasteiger partial charge in [0.25, 0.3) is 0 Å². The molecule has 0 aromatic heterocycles. The van der Waals surface area contributed by atoms with Gasteiger partial charge in [0.05, 0.1) is 0 Å². The van der Waals surface area contributed by atoms with Gasteiger partial charge in [-0.3, -0.25) is 0 Å². The zero-order chi connectivity index (χ0) is 6.95. The molecule has 0 aromatic rings. The number of unbranched alkanes of at least 4 members (excludes halogenated alkanes) is 6. The summed E-state index contributed by atoms with van der Waals surface area (Å²) < 4.78 is 0. The van der Waals surface area contributed by atoms with Crippen molar-refractivity contribution in [3.63, 3.8) is 0 Å². The average molecular weight is 136 g/mol. The van der Waals surface area contributed by atoms with Crippen molar-refractivity contribution in [1.82, 2.24) is 0 Å². The Morgan fingerprint density at radius 2 is 0.900 bits per heavy atom. The van der Waals surface area contributed by atoms with Crippen LogP contribution in [0.25, 0.3) is 0 Å². The van der Waals surface area contributed by atoms with Gasteiger partial charge in [-0.05, 0) is 0 Å². The molecule has 58 valence electrons. The van der Waals surface area contributed by atoms with E-state index in [0.29, 0.717) is 0 Å². The number of hydrogen-bond donors (Lipinski definition) is 0. The number of hydrogen-bond acceptors (Lipinski definition) is 0. The average Bonchev–Trinajstić information content (AvgIpc) is 1.89. The molecule has 0 bridgehead atoms. The van der Waals surface area contributed by atoms with Crippen LogP contribution < -0.4 is 0 Å². The molecule has 0 aromatic carbocycles. The predicted molar refractivity (Wildman–Crippen MR) is 50.8 cm³/mol. The van der Waals surface area contributed by atoms with Crippen molar-refractivity contribution in [2.75, 3.05) is 0 Å². The molecule has 0 saturated carbocycles. The fourth-order valence-corrected chi connectivity index (χ4v) is 1.03. The Bertz CT molecular complexity index is 38.0. The second-order valence-electron chi connectivity index (χ2n) is 2.77. The SMILES string of the molecule is CCCCCCCCC.[LiH]. The molecule has 0 nitrogen and oxygen atoms in total. The van der Waals surface area contributed by atoms with Gasteiger partial charge < -0.3 is 0 Å². The van der Waals surface area contributed by atoms with E-state index in [1.54, 1.807) is 0 Å². The Labute approximate surface area is 78.0 Å². The van der Waals surface area contributed by atoms with Gasteiger partial charge in [0.15, 0.2) is 0 Å². The molecule has 0 unspecified atom stereocenters. The van der Waals surface area contributed by atoms with Crippen LogP contribution in [0.4, 0.5) is 0 Å². The van der Waals surface area contributed by atoms with E-state index >= 15 is 0 Å². The van der Waals surface area contributed by atoms with E-state index in [1.165, 1.54) is 44.9 Å². The molecular weight excluding hydrogens is 115 g/mol. The standard InChI is InChI=1S/C9H20.Li.H/c1-3-5-7-9-8-6-4-2;;/h3-9H2,1-2H3;;. The zero-order valence-electron chi connectivity index (χ0n) is 6.95. The van der Waals surface area contributed by atoms with Crippen LogP contribution in [0.15, 0.2) is 0 Å². The minimum atomic E-state index is 0. The van der Waals surface area contributed by atoms with Crippen LogP contribution in [-0.4, -0.2) is 18.9 Å². The zero-order valence-corrected chi connectivity index (χ0v) is 6.95. The van der Waals surface area contributed by atoms with Gasteiger partial charge in [-0.1, -0.05) is 58.8 Å². The molecule has 1 heteroatoms. The summed E-state index contributed by atoms with van der Waals surface area (Å²) in [4.78, 5) is 0. The third-order valence-corrected chi connectivity index (χ3v) is 1.71. The van der Waals surface area contributed by atoms with Crippen LogP contribution in [0.2, 0.25) is 0 Å². The summed E-state index contributed by atoms with van der Waals surface area (Å²) in [6.45, 7) is 4.53. The van der Waals surface area contributed by atoms with Crippen molar-refractivity contribution in [3.8, 4) is 0 Å². The van der Waals surface area contributed by atoms with Crippen molar-refractivity contribution in [2.45, 2.75) is 58.8 Å². The summed E-state index contributed by atoms with van der Waals surface area (Å²) >= 11 is 0. The second-order valence-corrected chi connectivity index (χ2v) is 2.77. The molecule has 0 rings (SSSR count). The molecule has 0 amide bonds. The van der Waals surface area contributed by atoms with Gasteiger partial charge in [-0.25, -0.2) is 0 Å². The molecular formula is C9H21Li. The Morgan fingerprint density at radius 1 is 0.600 bits per heavy atom. The van der Waals surface area contributed by atoms with Crippen molar-refractivity contribution in [1.29, 1.82) is 0 Å². The van der Waals surface area contributed by atoms with E-state index in [4.69, 9.17) is 0 Å². The Kier molecular flexibility index (Phi) is 16.2. The first-order chi connectivity index (χ1) is 4.41. The predicted octanol–water partition coefficient (Wildman–Crippen LogP) is 3.11. The van der Waals surface area contributed by atoms with Gasteiger partial charge in [0.2, 0.25) is 0 Å². The maximum atomic E-state index is 2.26.